The number of methoxy groups -OCH3 is 1. The van der Waals surface area contributed by atoms with Crippen LogP contribution in [0.1, 0.15) is 50.1 Å². The maximum atomic E-state index is 5.59. The molecule has 5 aliphatic rings. The van der Waals surface area contributed by atoms with Gasteiger partial charge >= 0.3 is 0 Å². The van der Waals surface area contributed by atoms with Crippen LogP contribution in [0.25, 0.3) is 0 Å². The molecule has 4 bridgehead atoms. The quantitative estimate of drug-likeness (QED) is 0.792. The highest BCUT2D eigenvalue weighted by Gasteiger charge is 2.53. The predicted octanol–water partition coefficient (Wildman–Crippen LogP) is 4.31. The van der Waals surface area contributed by atoms with Crippen molar-refractivity contribution in [3.63, 3.8) is 0 Å². The SMILES string of the molecule is COc1ccccc1[C@@H]1C=C(C23CC4CC(CC(C4)C2)C3)NC(=S)N1. The van der Waals surface area contributed by atoms with Crippen molar-refractivity contribution < 1.29 is 4.74 Å². The molecule has 1 aliphatic heterocycles. The van der Waals surface area contributed by atoms with Crippen LogP contribution in [0.3, 0.4) is 0 Å². The van der Waals surface area contributed by atoms with E-state index in [1.54, 1.807) is 7.11 Å². The standard InChI is InChI=1S/C21H26N2OS/c1-24-18-5-3-2-4-16(18)17-9-19(23-20(25)22-17)21-10-13-6-14(11-21)8-15(7-13)12-21/h2-5,9,13-15,17H,6-8,10-12H2,1H3,(H2,22,23,25)/t13?,14?,15?,17-,21?/m0/s1. The Labute approximate surface area is 155 Å². The molecule has 0 amide bonds. The number of para-hydroxylation sites is 1. The Balaban J connectivity index is 1.52. The summed E-state index contributed by atoms with van der Waals surface area (Å²) < 4.78 is 5.59. The summed E-state index contributed by atoms with van der Waals surface area (Å²) in [5, 5.41) is 7.74. The van der Waals surface area contributed by atoms with E-state index in [0.29, 0.717) is 5.41 Å². The third-order valence-corrected chi connectivity index (χ3v) is 7.17. The average molecular weight is 355 g/mol. The molecule has 25 heavy (non-hydrogen) atoms. The van der Waals surface area contributed by atoms with Gasteiger partial charge in [-0.25, -0.2) is 0 Å². The summed E-state index contributed by atoms with van der Waals surface area (Å²) >= 11 is 5.59. The summed E-state index contributed by atoms with van der Waals surface area (Å²) in [4.78, 5) is 0. The molecular formula is C21H26N2OS. The van der Waals surface area contributed by atoms with Crippen molar-refractivity contribution in [1.29, 1.82) is 0 Å². The van der Waals surface area contributed by atoms with Gasteiger partial charge in [-0.2, -0.15) is 0 Å². The van der Waals surface area contributed by atoms with Gasteiger partial charge < -0.3 is 15.4 Å². The fraction of sp³-hybridized carbons (Fsp3) is 0.571. The van der Waals surface area contributed by atoms with Gasteiger partial charge in [0.15, 0.2) is 5.11 Å². The molecule has 1 heterocycles. The van der Waals surface area contributed by atoms with Crippen molar-refractivity contribution in [2.75, 3.05) is 7.11 Å². The molecule has 4 heteroatoms. The molecule has 4 saturated carbocycles. The van der Waals surface area contributed by atoms with Gasteiger partial charge in [-0.15, -0.1) is 0 Å². The number of hydrogen-bond acceptors (Lipinski definition) is 2. The summed E-state index contributed by atoms with van der Waals surface area (Å²) in [5.74, 6) is 3.72. The van der Waals surface area contributed by atoms with Crippen LogP contribution in [-0.2, 0) is 0 Å². The molecule has 3 nitrogen and oxygen atoms in total. The second-order valence-corrected chi connectivity index (χ2v) is 9.00. The summed E-state index contributed by atoms with van der Waals surface area (Å²) in [6, 6.07) is 8.35. The van der Waals surface area contributed by atoms with Crippen molar-refractivity contribution in [1.82, 2.24) is 10.6 Å². The first kappa shape index (κ1) is 15.7. The Morgan fingerprint density at radius 3 is 2.32 bits per heavy atom. The summed E-state index contributed by atoms with van der Waals surface area (Å²) in [6.45, 7) is 0. The first-order valence-electron chi connectivity index (χ1n) is 9.58. The van der Waals surface area contributed by atoms with Crippen LogP contribution < -0.4 is 15.4 Å². The number of nitrogens with one attached hydrogen (secondary N) is 2. The fourth-order valence-corrected chi connectivity index (χ4v) is 6.63. The third kappa shape index (κ3) is 2.57. The Morgan fingerprint density at radius 1 is 1.04 bits per heavy atom. The summed E-state index contributed by atoms with van der Waals surface area (Å²) in [6.07, 6.45) is 10.8. The summed E-state index contributed by atoms with van der Waals surface area (Å²) in [7, 11) is 1.74. The van der Waals surface area contributed by atoms with Crippen LogP contribution in [0.4, 0.5) is 0 Å². The monoisotopic (exact) mass is 354 g/mol. The number of ether oxygens (including phenoxy) is 1. The molecule has 0 saturated heterocycles. The smallest absolute Gasteiger partial charge is 0.171 e. The number of hydrogen-bond donors (Lipinski definition) is 2. The molecule has 0 unspecified atom stereocenters. The Bertz CT molecular complexity index is 706. The molecule has 1 aromatic rings. The predicted molar refractivity (Wildman–Crippen MR) is 103 cm³/mol. The van der Waals surface area contributed by atoms with E-state index in [1.807, 2.05) is 12.1 Å². The number of thiocarbonyl (C=S) groups is 1. The fourth-order valence-electron chi connectivity index (χ4n) is 6.39. The Kier molecular flexibility index (Phi) is 3.60. The van der Waals surface area contributed by atoms with E-state index in [1.165, 1.54) is 44.2 Å². The van der Waals surface area contributed by atoms with E-state index < -0.39 is 0 Å². The van der Waals surface area contributed by atoms with Crippen LogP contribution in [0.5, 0.6) is 5.75 Å². The topological polar surface area (TPSA) is 33.3 Å². The lowest BCUT2D eigenvalue weighted by Gasteiger charge is -2.58. The van der Waals surface area contributed by atoms with E-state index >= 15 is 0 Å². The number of allylic oxidation sites excluding steroid dienone is 1. The Morgan fingerprint density at radius 2 is 1.68 bits per heavy atom. The molecule has 132 valence electrons. The van der Waals surface area contributed by atoms with Gasteiger partial charge in [0.05, 0.1) is 13.2 Å². The van der Waals surface area contributed by atoms with Gasteiger partial charge in [0.1, 0.15) is 5.75 Å². The van der Waals surface area contributed by atoms with Crippen molar-refractivity contribution in [2.24, 2.45) is 23.2 Å². The van der Waals surface area contributed by atoms with Crippen LogP contribution >= 0.6 is 12.2 Å². The highest BCUT2D eigenvalue weighted by atomic mass is 32.1. The zero-order valence-corrected chi connectivity index (χ0v) is 15.6. The zero-order chi connectivity index (χ0) is 17.0. The van der Waals surface area contributed by atoms with Gasteiger partial charge in [0.2, 0.25) is 0 Å². The van der Waals surface area contributed by atoms with Crippen molar-refractivity contribution in [3.05, 3.63) is 41.6 Å². The van der Waals surface area contributed by atoms with Crippen LogP contribution in [0, 0.1) is 23.2 Å². The van der Waals surface area contributed by atoms with Crippen molar-refractivity contribution in [2.45, 2.75) is 44.6 Å². The second kappa shape index (κ2) is 5.73. The molecule has 2 N–H and O–H groups in total. The minimum atomic E-state index is 0.0907. The van der Waals surface area contributed by atoms with E-state index in [4.69, 9.17) is 17.0 Å². The number of rotatable bonds is 3. The minimum Gasteiger partial charge on any atom is -0.496 e. The molecule has 4 aliphatic carbocycles. The lowest BCUT2D eigenvalue weighted by atomic mass is 9.48. The first-order valence-corrected chi connectivity index (χ1v) is 9.99. The lowest BCUT2D eigenvalue weighted by Crippen LogP contribution is -2.53. The average Bonchev–Trinajstić information content (AvgIpc) is 2.60. The second-order valence-electron chi connectivity index (χ2n) is 8.60. The first-order chi connectivity index (χ1) is 12.1. The molecule has 1 aromatic carbocycles. The highest BCUT2D eigenvalue weighted by molar-refractivity contribution is 7.80. The lowest BCUT2D eigenvalue weighted by molar-refractivity contribution is -0.0332. The molecule has 0 radical (unpaired) electrons. The molecule has 4 fully saturated rings. The largest absolute Gasteiger partial charge is 0.496 e. The van der Waals surface area contributed by atoms with Crippen LogP contribution in [0.15, 0.2) is 36.0 Å². The zero-order valence-electron chi connectivity index (χ0n) is 14.8. The normalized spacial score (nSPS) is 38.8. The van der Waals surface area contributed by atoms with Gasteiger partial charge in [-0.1, -0.05) is 18.2 Å². The molecule has 0 spiro atoms. The maximum absolute atomic E-state index is 5.59. The molecular weight excluding hydrogens is 328 g/mol. The Hall–Kier alpha value is -1.55. The van der Waals surface area contributed by atoms with E-state index in [-0.39, 0.29) is 6.04 Å². The van der Waals surface area contributed by atoms with Gasteiger partial charge in [-0.3, -0.25) is 0 Å². The summed E-state index contributed by atoms with van der Waals surface area (Å²) in [5.41, 5.74) is 2.88. The van der Waals surface area contributed by atoms with E-state index in [0.717, 1.165) is 34.2 Å². The van der Waals surface area contributed by atoms with E-state index in [2.05, 4.69) is 28.8 Å². The molecule has 0 aromatic heterocycles. The van der Waals surface area contributed by atoms with Crippen LogP contribution in [-0.4, -0.2) is 12.2 Å². The molecule has 1 atom stereocenters. The highest BCUT2D eigenvalue weighted by Crippen LogP contribution is 2.62. The van der Waals surface area contributed by atoms with Crippen LogP contribution in [0.2, 0.25) is 0 Å². The van der Waals surface area contributed by atoms with E-state index in [9.17, 15) is 0 Å². The molecule has 6 rings (SSSR count). The van der Waals surface area contributed by atoms with Crippen molar-refractivity contribution in [3.8, 4) is 5.75 Å². The maximum Gasteiger partial charge on any atom is 0.171 e. The third-order valence-electron chi connectivity index (χ3n) is 6.95. The van der Waals surface area contributed by atoms with Crippen molar-refractivity contribution >= 4 is 17.3 Å². The van der Waals surface area contributed by atoms with Gasteiger partial charge in [-0.05, 0) is 80.6 Å². The number of benzene rings is 1. The minimum absolute atomic E-state index is 0.0907. The van der Waals surface area contributed by atoms with Gasteiger partial charge in [0, 0.05) is 16.7 Å². The van der Waals surface area contributed by atoms with Gasteiger partial charge in [0.25, 0.3) is 0 Å².